The van der Waals surface area contributed by atoms with Gasteiger partial charge in [-0.1, -0.05) is 0 Å². The molecule has 1 aliphatic heterocycles. The van der Waals surface area contributed by atoms with Crippen LogP contribution in [0.25, 0.3) is 21.8 Å². The first-order chi connectivity index (χ1) is 14.0. The van der Waals surface area contributed by atoms with Crippen molar-refractivity contribution >= 4 is 33.5 Å². The number of aromatic nitrogens is 2. The molecule has 146 valence electrons. The second-order valence-electron chi connectivity index (χ2n) is 6.98. The van der Waals surface area contributed by atoms with Crippen LogP contribution in [0, 0.1) is 0 Å². The first-order valence-corrected chi connectivity index (χ1v) is 8.96. The minimum absolute atomic E-state index is 0.0208. The number of carboxylic acids is 1. The van der Waals surface area contributed by atoms with Crippen molar-refractivity contribution in [3.8, 4) is 11.5 Å². The van der Waals surface area contributed by atoms with Gasteiger partial charge in [0.05, 0.1) is 11.3 Å². The molecule has 0 amide bonds. The van der Waals surface area contributed by atoms with Crippen molar-refractivity contribution in [1.82, 2.24) is 9.97 Å². The van der Waals surface area contributed by atoms with Gasteiger partial charge in [0, 0.05) is 52.4 Å². The Morgan fingerprint density at radius 2 is 1.86 bits per heavy atom. The summed E-state index contributed by atoms with van der Waals surface area (Å²) >= 11 is 0. The minimum atomic E-state index is -1.22. The number of aliphatic carboxylic acids is 1. The lowest BCUT2D eigenvalue weighted by molar-refractivity contribution is -0.141. The molecular weight excluding hydrogens is 374 g/mol. The molecule has 2 aromatic carbocycles. The van der Waals surface area contributed by atoms with E-state index in [4.69, 9.17) is 4.74 Å². The smallest absolute Gasteiger partial charge is 0.331 e. The molecule has 0 bridgehead atoms. The van der Waals surface area contributed by atoms with Crippen LogP contribution >= 0.6 is 0 Å². The fraction of sp³-hybridized carbons (Fsp3) is 0.143. The van der Waals surface area contributed by atoms with Crippen molar-refractivity contribution in [2.45, 2.75) is 12.1 Å². The second-order valence-corrected chi connectivity index (χ2v) is 6.98. The van der Waals surface area contributed by atoms with Crippen LogP contribution in [0.15, 0.2) is 47.7 Å². The summed E-state index contributed by atoms with van der Waals surface area (Å²) in [5.74, 6) is -1.09. The molecule has 1 aliphatic rings. The van der Waals surface area contributed by atoms with Crippen LogP contribution in [0.2, 0.25) is 0 Å². The Morgan fingerprint density at radius 1 is 1.10 bits per heavy atom. The normalized spacial score (nSPS) is 18.7. The highest BCUT2D eigenvalue weighted by atomic mass is 16.5. The standard InChI is InChI=1S/C21H17N3O5/c1-29-20-12-8-23-14-4-5-15(26)17(16(12)14)18(24-19(20)21(27)28)11-7-22-13-3-2-9(25)6-10(11)13/h2-8,19-20,22-23,25-26H,1H3,(H,27,28). The third-order valence-corrected chi connectivity index (χ3v) is 5.38. The van der Waals surface area contributed by atoms with E-state index < -0.39 is 18.1 Å². The van der Waals surface area contributed by atoms with Gasteiger partial charge < -0.3 is 30.0 Å². The van der Waals surface area contributed by atoms with E-state index in [1.54, 1.807) is 42.7 Å². The highest BCUT2D eigenvalue weighted by Gasteiger charge is 2.37. The molecule has 0 aliphatic carbocycles. The number of carbonyl (C=O) groups is 1. The molecular formula is C21H17N3O5. The second kappa shape index (κ2) is 6.11. The number of methoxy groups -OCH3 is 1. The molecule has 5 rings (SSSR count). The van der Waals surface area contributed by atoms with Crippen LogP contribution in [0.4, 0.5) is 0 Å². The van der Waals surface area contributed by atoms with Crippen LogP contribution in [-0.2, 0) is 9.53 Å². The van der Waals surface area contributed by atoms with Gasteiger partial charge in [-0.3, -0.25) is 4.99 Å². The summed E-state index contributed by atoms with van der Waals surface area (Å²) in [5.41, 5.74) is 3.42. The summed E-state index contributed by atoms with van der Waals surface area (Å²) in [5, 5.41) is 31.9. The number of phenolic OH excluding ortho intramolecular Hbond substituents is 2. The Balaban J connectivity index is 1.91. The number of benzene rings is 2. The number of phenols is 2. The number of aromatic hydroxyl groups is 2. The van der Waals surface area contributed by atoms with Gasteiger partial charge in [-0.2, -0.15) is 0 Å². The zero-order chi connectivity index (χ0) is 20.3. The SMILES string of the molecule is COC1c2c[nH]c3ccc(O)c(c23)C(c2c[nH]c3ccc(O)cc23)=NC1C(=O)O. The van der Waals surface area contributed by atoms with Crippen molar-refractivity contribution in [3.63, 3.8) is 0 Å². The molecule has 0 fully saturated rings. The maximum Gasteiger partial charge on any atom is 0.331 e. The number of rotatable bonds is 3. The lowest BCUT2D eigenvalue weighted by Gasteiger charge is -2.18. The van der Waals surface area contributed by atoms with Crippen molar-refractivity contribution < 1.29 is 24.9 Å². The molecule has 2 atom stereocenters. The van der Waals surface area contributed by atoms with Gasteiger partial charge in [-0.15, -0.1) is 0 Å². The monoisotopic (exact) mass is 391 g/mol. The number of carboxylic acid groups (broad SMARTS) is 1. The lowest BCUT2D eigenvalue weighted by Crippen LogP contribution is -2.27. The number of aromatic amines is 2. The molecule has 4 aromatic rings. The maximum atomic E-state index is 12.1. The van der Waals surface area contributed by atoms with Crippen molar-refractivity contribution in [1.29, 1.82) is 0 Å². The van der Waals surface area contributed by atoms with E-state index in [0.717, 1.165) is 11.0 Å². The fourth-order valence-corrected chi connectivity index (χ4v) is 4.09. The van der Waals surface area contributed by atoms with E-state index in [1.807, 2.05) is 0 Å². The topological polar surface area (TPSA) is 131 Å². The highest BCUT2D eigenvalue weighted by molar-refractivity contribution is 6.26. The van der Waals surface area contributed by atoms with Gasteiger partial charge >= 0.3 is 5.97 Å². The number of ether oxygens (including phenoxy) is 1. The predicted molar refractivity (Wildman–Crippen MR) is 107 cm³/mol. The number of hydrogen-bond acceptors (Lipinski definition) is 5. The van der Waals surface area contributed by atoms with Crippen LogP contribution in [0.1, 0.15) is 22.8 Å². The zero-order valence-electron chi connectivity index (χ0n) is 15.3. The third-order valence-electron chi connectivity index (χ3n) is 5.38. The Labute approximate surface area is 164 Å². The van der Waals surface area contributed by atoms with Gasteiger partial charge in [-0.25, -0.2) is 4.79 Å². The Bertz CT molecular complexity index is 1320. The molecule has 0 saturated heterocycles. The molecule has 0 radical (unpaired) electrons. The molecule has 8 nitrogen and oxygen atoms in total. The lowest BCUT2D eigenvalue weighted by atomic mass is 9.95. The van der Waals surface area contributed by atoms with Crippen LogP contribution in [-0.4, -0.2) is 50.1 Å². The number of nitrogens with one attached hydrogen (secondary N) is 2. The summed E-state index contributed by atoms with van der Waals surface area (Å²) in [6.07, 6.45) is 2.55. The third kappa shape index (κ3) is 2.43. The average Bonchev–Trinajstić information content (AvgIpc) is 3.26. The molecule has 2 aromatic heterocycles. The van der Waals surface area contributed by atoms with Crippen LogP contribution < -0.4 is 0 Å². The number of nitrogens with zero attached hydrogens (tertiary/aromatic N) is 1. The summed E-state index contributed by atoms with van der Waals surface area (Å²) in [6, 6.07) is 6.91. The van der Waals surface area contributed by atoms with Gasteiger partial charge in [0.25, 0.3) is 0 Å². The van der Waals surface area contributed by atoms with Crippen molar-refractivity contribution in [3.05, 3.63) is 59.4 Å². The highest BCUT2D eigenvalue weighted by Crippen LogP contribution is 2.41. The number of H-pyrrole nitrogens is 2. The number of aliphatic imine (C=N–C) groups is 1. The Kier molecular flexibility index (Phi) is 3.65. The van der Waals surface area contributed by atoms with Crippen molar-refractivity contribution in [2.75, 3.05) is 7.11 Å². The van der Waals surface area contributed by atoms with E-state index in [9.17, 15) is 20.1 Å². The number of fused-ring (bicyclic) bond motifs is 1. The summed E-state index contributed by atoms with van der Waals surface area (Å²) < 4.78 is 5.53. The minimum Gasteiger partial charge on any atom is -0.508 e. The summed E-state index contributed by atoms with van der Waals surface area (Å²) in [6.45, 7) is 0. The van der Waals surface area contributed by atoms with Gasteiger partial charge in [-0.05, 0) is 30.3 Å². The molecule has 8 heteroatoms. The quantitative estimate of drug-likeness (QED) is 0.366. The molecule has 0 saturated carbocycles. The summed E-state index contributed by atoms with van der Waals surface area (Å²) in [4.78, 5) is 22.9. The van der Waals surface area contributed by atoms with E-state index in [1.165, 1.54) is 7.11 Å². The van der Waals surface area contributed by atoms with Gasteiger partial charge in [0.2, 0.25) is 0 Å². The van der Waals surface area contributed by atoms with Crippen LogP contribution in [0.3, 0.4) is 0 Å². The summed E-state index contributed by atoms with van der Waals surface area (Å²) in [7, 11) is 1.44. The zero-order valence-corrected chi connectivity index (χ0v) is 15.3. The van der Waals surface area contributed by atoms with E-state index >= 15 is 0 Å². The van der Waals surface area contributed by atoms with E-state index in [2.05, 4.69) is 15.0 Å². The molecule has 5 N–H and O–H groups in total. The fourth-order valence-electron chi connectivity index (χ4n) is 4.09. The van der Waals surface area contributed by atoms with Crippen LogP contribution in [0.5, 0.6) is 11.5 Å². The van der Waals surface area contributed by atoms with Gasteiger partial charge in [0.1, 0.15) is 17.6 Å². The van der Waals surface area contributed by atoms with E-state index in [-0.39, 0.29) is 11.5 Å². The first-order valence-electron chi connectivity index (χ1n) is 8.96. The number of hydrogen-bond donors (Lipinski definition) is 5. The molecule has 29 heavy (non-hydrogen) atoms. The van der Waals surface area contributed by atoms with Crippen molar-refractivity contribution in [2.24, 2.45) is 4.99 Å². The Hall–Kier alpha value is -3.78. The first kappa shape index (κ1) is 17.3. The predicted octanol–water partition coefficient (Wildman–Crippen LogP) is 3.05. The average molecular weight is 391 g/mol. The molecule has 0 spiro atoms. The molecule has 3 heterocycles. The molecule has 2 unspecified atom stereocenters. The van der Waals surface area contributed by atoms with E-state index in [0.29, 0.717) is 33.2 Å². The maximum absolute atomic E-state index is 12.1. The Morgan fingerprint density at radius 3 is 2.62 bits per heavy atom. The van der Waals surface area contributed by atoms with Gasteiger partial charge in [0.15, 0.2) is 6.04 Å². The largest absolute Gasteiger partial charge is 0.508 e.